The molecular formula is C16H25N3O2S. The van der Waals surface area contributed by atoms with Crippen molar-refractivity contribution in [2.45, 2.75) is 39.2 Å². The van der Waals surface area contributed by atoms with Crippen molar-refractivity contribution in [3.8, 4) is 0 Å². The van der Waals surface area contributed by atoms with E-state index in [0.29, 0.717) is 18.5 Å². The molecule has 1 aromatic heterocycles. The molecule has 22 heavy (non-hydrogen) atoms. The van der Waals surface area contributed by atoms with Crippen LogP contribution in [0.4, 0.5) is 4.79 Å². The molecular weight excluding hydrogens is 298 g/mol. The highest BCUT2D eigenvalue weighted by molar-refractivity contribution is 7.10. The maximum atomic E-state index is 12.0. The van der Waals surface area contributed by atoms with Gasteiger partial charge in [-0.05, 0) is 43.2 Å². The lowest BCUT2D eigenvalue weighted by Crippen LogP contribution is -2.44. The second-order valence-electron chi connectivity index (χ2n) is 6.13. The van der Waals surface area contributed by atoms with Gasteiger partial charge in [-0.3, -0.25) is 15.0 Å². The minimum absolute atomic E-state index is 0.231. The van der Waals surface area contributed by atoms with Crippen LogP contribution in [0, 0.1) is 5.92 Å². The topological polar surface area (TPSA) is 61.4 Å². The molecule has 0 bridgehead atoms. The maximum absolute atomic E-state index is 12.0. The molecule has 2 N–H and O–H groups in total. The van der Waals surface area contributed by atoms with E-state index >= 15 is 0 Å². The number of nitrogens with one attached hydrogen (secondary N) is 2. The molecule has 1 aromatic rings. The van der Waals surface area contributed by atoms with E-state index in [1.165, 1.54) is 4.88 Å². The molecule has 1 aliphatic heterocycles. The number of hydrogen-bond acceptors (Lipinski definition) is 4. The molecule has 1 saturated heterocycles. The molecule has 2 rings (SSSR count). The van der Waals surface area contributed by atoms with E-state index in [1.807, 2.05) is 6.07 Å². The molecule has 0 radical (unpaired) electrons. The Hall–Kier alpha value is -1.40. The normalized spacial score (nSPS) is 18.6. The second-order valence-corrected chi connectivity index (χ2v) is 7.11. The van der Waals surface area contributed by atoms with Gasteiger partial charge in [0, 0.05) is 17.5 Å². The molecule has 5 nitrogen and oxygen atoms in total. The molecule has 6 heteroatoms. The Bertz CT molecular complexity index is 488. The Morgan fingerprint density at radius 3 is 2.95 bits per heavy atom. The van der Waals surface area contributed by atoms with Gasteiger partial charge < -0.3 is 5.32 Å². The number of carbonyl (C=O) groups is 2. The maximum Gasteiger partial charge on any atom is 0.321 e. The van der Waals surface area contributed by atoms with Gasteiger partial charge >= 0.3 is 6.03 Å². The van der Waals surface area contributed by atoms with Gasteiger partial charge in [-0.1, -0.05) is 19.9 Å². The minimum atomic E-state index is -0.391. The summed E-state index contributed by atoms with van der Waals surface area (Å²) in [6.45, 7) is 5.98. The SMILES string of the molecule is CC(C)CCNC(=O)NC(=O)CN1CCC[C@@H]1c1cccs1. The van der Waals surface area contributed by atoms with Crippen LogP contribution in [0.5, 0.6) is 0 Å². The number of amides is 3. The van der Waals surface area contributed by atoms with E-state index in [2.05, 4.69) is 40.8 Å². The van der Waals surface area contributed by atoms with Crippen LogP contribution in [0.15, 0.2) is 17.5 Å². The number of carbonyl (C=O) groups excluding carboxylic acids is 2. The van der Waals surface area contributed by atoms with E-state index in [0.717, 1.165) is 25.8 Å². The third-order valence-electron chi connectivity index (χ3n) is 3.84. The average Bonchev–Trinajstić information content (AvgIpc) is 3.07. The van der Waals surface area contributed by atoms with Gasteiger partial charge in [0.1, 0.15) is 0 Å². The fourth-order valence-corrected chi connectivity index (χ4v) is 3.58. The van der Waals surface area contributed by atoms with Crippen LogP contribution >= 0.6 is 11.3 Å². The van der Waals surface area contributed by atoms with E-state index < -0.39 is 6.03 Å². The van der Waals surface area contributed by atoms with Crippen LogP contribution in [0.3, 0.4) is 0 Å². The molecule has 1 atom stereocenters. The van der Waals surface area contributed by atoms with Gasteiger partial charge in [0.25, 0.3) is 0 Å². The van der Waals surface area contributed by atoms with E-state index in [-0.39, 0.29) is 12.5 Å². The first-order chi connectivity index (χ1) is 10.6. The van der Waals surface area contributed by atoms with Gasteiger partial charge in [-0.25, -0.2) is 4.79 Å². The zero-order chi connectivity index (χ0) is 15.9. The van der Waals surface area contributed by atoms with Gasteiger partial charge in [0.05, 0.1) is 6.54 Å². The molecule has 0 spiro atoms. The Labute approximate surface area is 136 Å². The van der Waals surface area contributed by atoms with Gasteiger partial charge in [0.15, 0.2) is 0 Å². The highest BCUT2D eigenvalue weighted by atomic mass is 32.1. The lowest BCUT2D eigenvalue weighted by atomic mass is 10.1. The van der Waals surface area contributed by atoms with E-state index in [9.17, 15) is 9.59 Å². The summed E-state index contributed by atoms with van der Waals surface area (Å²) in [5.74, 6) is 0.303. The standard InChI is InChI=1S/C16H25N3O2S/c1-12(2)7-8-17-16(21)18-15(20)11-19-9-3-5-13(19)14-6-4-10-22-14/h4,6,10,12-13H,3,5,7-9,11H2,1-2H3,(H2,17,18,20,21)/t13-/m1/s1. The third-order valence-corrected chi connectivity index (χ3v) is 4.82. The van der Waals surface area contributed by atoms with Gasteiger partial charge in [0.2, 0.25) is 5.91 Å². The summed E-state index contributed by atoms with van der Waals surface area (Å²) < 4.78 is 0. The summed E-state index contributed by atoms with van der Waals surface area (Å²) in [6, 6.07) is 4.08. The van der Waals surface area contributed by atoms with Crippen molar-refractivity contribution in [1.29, 1.82) is 0 Å². The number of nitrogens with zero attached hydrogens (tertiary/aromatic N) is 1. The van der Waals surface area contributed by atoms with Crippen LogP contribution in [0.2, 0.25) is 0 Å². The average molecular weight is 323 g/mol. The van der Waals surface area contributed by atoms with Crippen molar-refractivity contribution in [3.05, 3.63) is 22.4 Å². The molecule has 0 saturated carbocycles. The first kappa shape index (κ1) is 17.0. The van der Waals surface area contributed by atoms with Crippen LogP contribution < -0.4 is 10.6 Å². The summed E-state index contributed by atoms with van der Waals surface area (Å²) in [5.41, 5.74) is 0. The summed E-state index contributed by atoms with van der Waals surface area (Å²) in [4.78, 5) is 27.1. The second kappa shape index (κ2) is 8.29. The predicted molar refractivity (Wildman–Crippen MR) is 88.9 cm³/mol. The van der Waals surface area contributed by atoms with Gasteiger partial charge in [-0.2, -0.15) is 0 Å². The Balaban J connectivity index is 1.75. The van der Waals surface area contributed by atoms with Crippen molar-refractivity contribution in [2.24, 2.45) is 5.92 Å². The quantitative estimate of drug-likeness (QED) is 0.846. The fourth-order valence-electron chi connectivity index (χ4n) is 2.69. The number of imide groups is 1. The zero-order valence-corrected chi connectivity index (χ0v) is 14.1. The monoisotopic (exact) mass is 323 g/mol. The van der Waals surface area contributed by atoms with Crippen LogP contribution in [0.25, 0.3) is 0 Å². The summed E-state index contributed by atoms with van der Waals surface area (Å²) in [6.07, 6.45) is 3.08. The lowest BCUT2D eigenvalue weighted by Gasteiger charge is -2.22. The summed E-state index contributed by atoms with van der Waals surface area (Å²) in [5, 5.41) is 7.20. The van der Waals surface area contributed by atoms with Crippen molar-refractivity contribution in [3.63, 3.8) is 0 Å². The van der Waals surface area contributed by atoms with Gasteiger partial charge in [-0.15, -0.1) is 11.3 Å². The number of urea groups is 1. The predicted octanol–water partition coefficient (Wildman–Crippen LogP) is 2.76. The molecule has 1 fully saturated rings. The fraction of sp³-hybridized carbons (Fsp3) is 0.625. The smallest absolute Gasteiger partial charge is 0.321 e. The molecule has 2 heterocycles. The lowest BCUT2D eigenvalue weighted by molar-refractivity contribution is -0.121. The molecule has 122 valence electrons. The molecule has 0 aliphatic carbocycles. The van der Waals surface area contributed by atoms with Crippen molar-refractivity contribution in [2.75, 3.05) is 19.6 Å². The van der Waals surface area contributed by atoms with Crippen molar-refractivity contribution < 1.29 is 9.59 Å². The Kier molecular flexibility index (Phi) is 6.39. The molecule has 1 aliphatic rings. The number of hydrogen-bond donors (Lipinski definition) is 2. The first-order valence-corrected chi connectivity index (χ1v) is 8.79. The van der Waals surface area contributed by atoms with E-state index in [4.69, 9.17) is 0 Å². The highest BCUT2D eigenvalue weighted by Gasteiger charge is 2.28. The number of likely N-dealkylation sites (tertiary alicyclic amines) is 1. The van der Waals surface area contributed by atoms with Crippen molar-refractivity contribution in [1.82, 2.24) is 15.5 Å². The third kappa shape index (κ3) is 5.10. The molecule has 0 aromatic carbocycles. The van der Waals surface area contributed by atoms with Crippen LogP contribution in [-0.4, -0.2) is 36.5 Å². The number of rotatable bonds is 6. The van der Waals surface area contributed by atoms with Crippen LogP contribution in [0.1, 0.15) is 44.0 Å². The Morgan fingerprint density at radius 2 is 2.27 bits per heavy atom. The summed E-state index contributed by atoms with van der Waals surface area (Å²) in [7, 11) is 0. The largest absolute Gasteiger partial charge is 0.338 e. The zero-order valence-electron chi connectivity index (χ0n) is 13.3. The first-order valence-electron chi connectivity index (χ1n) is 7.91. The number of thiophene rings is 1. The summed E-state index contributed by atoms with van der Waals surface area (Å²) >= 11 is 1.73. The molecule has 0 unspecified atom stereocenters. The minimum Gasteiger partial charge on any atom is -0.338 e. The molecule has 3 amide bonds. The van der Waals surface area contributed by atoms with E-state index in [1.54, 1.807) is 11.3 Å². The highest BCUT2D eigenvalue weighted by Crippen LogP contribution is 2.33. The van der Waals surface area contributed by atoms with Crippen LogP contribution in [-0.2, 0) is 4.79 Å². The Morgan fingerprint density at radius 1 is 1.45 bits per heavy atom. The van der Waals surface area contributed by atoms with Crippen molar-refractivity contribution >= 4 is 23.3 Å².